The summed E-state index contributed by atoms with van der Waals surface area (Å²) in [6.07, 6.45) is 3.48. The first-order chi connectivity index (χ1) is 16.7. The van der Waals surface area contributed by atoms with Crippen molar-refractivity contribution in [1.29, 1.82) is 0 Å². The Bertz CT molecular complexity index is 1440. The van der Waals surface area contributed by atoms with Crippen LogP contribution in [-0.2, 0) is 0 Å². The number of aromatic nitrogens is 4. The van der Waals surface area contributed by atoms with E-state index in [4.69, 9.17) is 26.9 Å². The number of hydrogen-bond donors (Lipinski definition) is 2. The number of benzene rings is 2. The number of fused-ring (bicyclic) bond motifs is 1. The highest BCUT2D eigenvalue weighted by Crippen LogP contribution is 2.29. The fraction of sp³-hybridized carbons (Fsp3) is 0.0385. The van der Waals surface area contributed by atoms with E-state index >= 15 is 0 Å². The van der Waals surface area contributed by atoms with Crippen LogP contribution in [0.25, 0.3) is 33.8 Å². The molecule has 3 heterocycles. The second-order valence-electron chi connectivity index (χ2n) is 7.36. The molecule has 7 nitrogen and oxygen atoms in total. The van der Waals surface area contributed by atoms with E-state index in [2.05, 4.69) is 20.6 Å². The highest BCUT2D eigenvalue weighted by molar-refractivity contribution is 7.80. The van der Waals surface area contributed by atoms with Crippen LogP contribution >= 0.6 is 12.2 Å². The summed E-state index contributed by atoms with van der Waals surface area (Å²) in [4.78, 5) is 18.7. The van der Waals surface area contributed by atoms with Gasteiger partial charge in [0.1, 0.15) is 17.1 Å². The molecule has 0 radical (unpaired) electrons. The zero-order chi connectivity index (χ0) is 23.3. The molecular weight excluding hydrogens is 444 g/mol. The molecular formula is C26H20N6OS. The molecule has 0 aliphatic heterocycles. The second-order valence-corrected chi connectivity index (χ2v) is 7.77. The number of anilines is 2. The van der Waals surface area contributed by atoms with Crippen LogP contribution < -0.4 is 15.4 Å². The number of nitrogens with zero attached hydrogens (tertiary/aromatic N) is 4. The Morgan fingerprint density at radius 1 is 0.706 bits per heavy atom. The van der Waals surface area contributed by atoms with E-state index in [0.717, 1.165) is 39.5 Å². The predicted octanol–water partition coefficient (Wildman–Crippen LogP) is 5.57. The van der Waals surface area contributed by atoms with Crippen molar-refractivity contribution in [3.05, 3.63) is 91.3 Å². The topological polar surface area (TPSA) is 84.9 Å². The van der Waals surface area contributed by atoms with Gasteiger partial charge in [-0.05, 0) is 78.9 Å². The lowest BCUT2D eigenvalue weighted by atomic mass is 10.1. The molecule has 0 saturated heterocycles. The van der Waals surface area contributed by atoms with Gasteiger partial charge in [0.05, 0.1) is 29.5 Å². The smallest absolute Gasteiger partial charge is 0.175 e. The van der Waals surface area contributed by atoms with E-state index in [1.54, 1.807) is 19.5 Å². The molecule has 0 aliphatic carbocycles. The van der Waals surface area contributed by atoms with E-state index in [1.165, 1.54) is 0 Å². The molecule has 0 bridgehead atoms. The molecule has 0 amide bonds. The van der Waals surface area contributed by atoms with Crippen molar-refractivity contribution in [3.63, 3.8) is 0 Å². The minimum absolute atomic E-state index is 0.465. The molecule has 5 aromatic rings. The van der Waals surface area contributed by atoms with E-state index in [0.29, 0.717) is 16.5 Å². The molecule has 0 atom stereocenters. The summed E-state index contributed by atoms with van der Waals surface area (Å²) in [5, 5.41) is 6.84. The summed E-state index contributed by atoms with van der Waals surface area (Å²) in [5.41, 5.74) is 5.95. The molecule has 166 valence electrons. The average Bonchev–Trinajstić information content (AvgIpc) is 2.89. The molecule has 34 heavy (non-hydrogen) atoms. The van der Waals surface area contributed by atoms with E-state index in [9.17, 15) is 0 Å². The van der Waals surface area contributed by atoms with Crippen molar-refractivity contribution < 1.29 is 4.74 Å². The molecule has 2 N–H and O–H groups in total. The minimum atomic E-state index is 0.465. The van der Waals surface area contributed by atoms with Crippen molar-refractivity contribution in [2.45, 2.75) is 0 Å². The molecule has 2 aromatic carbocycles. The SMILES string of the molecule is COc1ccc(NC(=S)Nc2ccc3nc(-c4ccccn4)c(-c4ccccn4)nc3c2)cc1. The summed E-state index contributed by atoms with van der Waals surface area (Å²) < 4.78 is 5.19. The Balaban J connectivity index is 1.47. The molecule has 0 fully saturated rings. The maximum absolute atomic E-state index is 5.48. The lowest BCUT2D eigenvalue weighted by Gasteiger charge is -2.13. The van der Waals surface area contributed by atoms with Crippen LogP contribution in [0.1, 0.15) is 0 Å². The molecule has 0 unspecified atom stereocenters. The Hall–Kier alpha value is -4.43. The third-order valence-corrected chi connectivity index (χ3v) is 5.29. The van der Waals surface area contributed by atoms with Crippen LogP contribution in [0.3, 0.4) is 0 Å². The molecule has 8 heteroatoms. The van der Waals surface area contributed by atoms with Crippen LogP contribution in [0.4, 0.5) is 11.4 Å². The fourth-order valence-electron chi connectivity index (χ4n) is 3.46. The van der Waals surface area contributed by atoms with Crippen molar-refractivity contribution in [2.75, 3.05) is 17.7 Å². The third-order valence-electron chi connectivity index (χ3n) is 5.09. The first-order valence-electron chi connectivity index (χ1n) is 10.6. The monoisotopic (exact) mass is 464 g/mol. The molecule has 0 spiro atoms. The summed E-state index contributed by atoms with van der Waals surface area (Å²) >= 11 is 5.48. The molecule has 0 aliphatic rings. The van der Waals surface area contributed by atoms with Crippen LogP contribution in [-0.4, -0.2) is 32.2 Å². The number of methoxy groups -OCH3 is 1. The second kappa shape index (κ2) is 9.60. The van der Waals surface area contributed by atoms with Crippen molar-refractivity contribution in [2.24, 2.45) is 0 Å². The van der Waals surface area contributed by atoms with E-state index in [1.807, 2.05) is 78.9 Å². The van der Waals surface area contributed by atoms with Gasteiger partial charge in [-0.3, -0.25) is 9.97 Å². The quantitative estimate of drug-likeness (QED) is 0.327. The maximum atomic E-state index is 5.48. The van der Waals surface area contributed by atoms with E-state index < -0.39 is 0 Å². The van der Waals surface area contributed by atoms with Gasteiger partial charge in [0.2, 0.25) is 0 Å². The van der Waals surface area contributed by atoms with Crippen molar-refractivity contribution >= 4 is 39.7 Å². The van der Waals surface area contributed by atoms with Crippen LogP contribution in [0.2, 0.25) is 0 Å². The first kappa shape index (κ1) is 21.4. The average molecular weight is 465 g/mol. The summed E-state index contributed by atoms with van der Waals surface area (Å²) in [7, 11) is 1.63. The maximum Gasteiger partial charge on any atom is 0.175 e. The fourth-order valence-corrected chi connectivity index (χ4v) is 3.70. The van der Waals surface area contributed by atoms with E-state index in [-0.39, 0.29) is 0 Å². The summed E-state index contributed by atoms with van der Waals surface area (Å²) in [5.74, 6) is 0.784. The van der Waals surface area contributed by atoms with Gasteiger partial charge in [-0.1, -0.05) is 12.1 Å². The Morgan fingerprint density at radius 2 is 1.29 bits per heavy atom. The summed E-state index contributed by atoms with van der Waals surface area (Å²) in [6, 6.07) is 24.7. The number of rotatable bonds is 5. The lowest BCUT2D eigenvalue weighted by Crippen LogP contribution is -2.19. The van der Waals surface area contributed by atoms with Crippen LogP contribution in [0.5, 0.6) is 5.75 Å². The van der Waals surface area contributed by atoms with Gasteiger partial charge in [-0.2, -0.15) is 0 Å². The van der Waals surface area contributed by atoms with Gasteiger partial charge in [-0.15, -0.1) is 0 Å². The number of thiocarbonyl (C=S) groups is 1. The van der Waals surface area contributed by atoms with Gasteiger partial charge in [0, 0.05) is 23.8 Å². The Labute approximate surface area is 201 Å². The zero-order valence-electron chi connectivity index (χ0n) is 18.3. The standard InChI is InChI=1S/C26H20N6OS/c1-33-19-11-8-17(9-12-19)29-26(34)30-18-10-13-20-23(16-18)32-25(22-7-3-5-15-28-22)24(31-20)21-6-2-4-14-27-21/h2-16H,1H3,(H2,29,30,34). The van der Waals surface area contributed by atoms with Crippen LogP contribution in [0.15, 0.2) is 91.3 Å². The minimum Gasteiger partial charge on any atom is -0.497 e. The highest BCUT2D eigenvalue weighted by Gasteiger charge is 2.15. The molecule has 0 saturated carbocycles. The lowest BCUT2D eigenvalue weighted by molar-refractivity contribution is 0.415. The van der Waals surface area contributed by atoms with Gasteiger partial charge in [-0.25, -0.2) is 9.97 Å². The first-order valence-corrected chi connectivity index (χ1v) is 11.0. The zero-order valence-corrected chi connectivity index (χ0v) is 19.1. The van der Waals surface area contributed by atoms with Gasteiger partial charge >= 0.3 is 0 Å². The molecule has 3 aromatic heterocycles. The van der Waals surface area contributed by atoms with Gasteiger partial charge < -0.3 is 15.4 Å². The third kappa shape index (κ3) is 4.67. The Kier molecular flexibility index (Phi) is 6.05. The predicted molar refractivity (Wildman–Crippen MR) is 139 cm³/mol. The van der Waals surface area contributed by atoms with Crippen molar-refractivity contribution in [3.8, 4) is 28.5 Å². The number of ether oxygens (including phenoxy) is 1. The largest absolute Gasteiger partial charge is 0.497 e. The number of hydrogen-bond acceptors (Lipinski definition) is 6. The normalized spacial score (nSPS) is 10.6. The van der Waals surface area contributed by atoms with Crippen molar-refractivity contribution in [1.82, 2.24) is 19.9 Å². The van der Waals surface area contributed by atoms with Gasteiger partial charge in [0.25, 0.3) is 0 Å². The number of pyridine rings is 2. The highest BCUT2D eigenvalue weighted by atomic mass is 32.1. The van der Waals surface area contributed by atoms with Gasteiger partial charge in [0.15, 0.2) is 5.11 Å². The molecule has 5 rings (SSSR count). The van der Waals surface area contributed by atoms with Crippen LogP contribution in [0, 0.1) is 0 Å². The summed E-state index contributed by atoms with van der Waals surface area (Å²) in [6.45, 7) is 0. The Morgan fingerprint density at radius 3 is 1.88 bits per heavy atom. The number of nitrogens with one attached hydrogen (secondary N) is 2.